The summed E-state index contributed by atoms with van der Waals surface area (Å²) in [5.41, 5.74) is 0.708. The minimum Gasteiger partial charge on any atom is -0.493 e. The van der Waals surface area contributed by atoms with Crippen LogP contribution in [-0.4, -0.2) is 28.7 Å². The van der Waals surface area contributed by atoms with Gasteiger partial charge in [0.15, 0.2) is 11.5 Å². The van der Waals surface area contributed by atoms with Gasteiger partial charge in [-0.1, -0.05) is 23.7 Å². The summed E-state index contributed by atoms with van der Waals surface area (Å²) in [6.45, 7) is 2.08. The lowest BCUT2D eigenvalue weighted by atomic mass is 10.2. The number of sulfonamides is 1. The molecule has 0 amide bonds. The summed E-state index contributed by atoms with van der Waals surface area (Å²) < 4.78 is 37.6. The van der Waals surface area contributed by atoms with E-state index in [4.69, 9.17) is 21.1 Å². The molecule has 2 rings (SSSR count). The minimum atomic E-state index is -3.59. The zero-order chi connectivity index (χ0) is 16.9. The quantitative estimate of drug-likeness (QED) is 0.775. The molecule has 2 aromatic rings. The zero-order valence-corrected chi connectivity index (χ0v) is 14.4. The molecule has 1 N–H and O–H groups in total. The number of methoxy groups -OCH3 is 1. The van der Waals surface area contributed by atoms with Crippen molar-refractivity contribution in [3.05, 3.63) is 53.1 Å². The zero-order valence-electron chi connectivity index (χ0n) is 12.9. The van der Waals surface area contributed by atoms with Gasteiger partial charge in [-0.05, 0) is 42.8 Å². The molecule has 0 radical (unpaired) electrons. The second-order valence-corrected chi connectivity index (χ2v) is 6.98. The van der Waals surface area contributed by atoms with Gasteiger partial charge in [0.05, 0.1) is 12.0 Å². The van der Waals surface area contributed by atoms with Crippen LogP contribution in [0.2, 0.25) is 5.02 Å². The first kappa shape index (κ1) is 17.6. The number of hydrogen-bond donors (Lipinski definition) is 1. The molecule has 0 fully saturated rings. The number of ether oxygens (including phenoxy) is 2. The van der Waals surface area contributed by atoms with Crippen LogP contribution in [0.1, 0.15) is 5.56 Å². The van der Waals surface area contributed by atoms with Gasteiger partial charge in [-0.3, -0.25) is 0 Å². The number of hydrogen-bond acceptors (Lipinski definition) is 4. The Morgan fingerprint density at radius 2 is 1.83 bits per heavy atom. The van der Waals surface area contributed by atoms with Crippen LogP contribution in [0.15, 0.2) is 47.4 Å². The van der Waals surface area contributed by atoms with Crippen LogP contribution >= 0.6 is 11.6 Å². The molecular formula is C16H18ClNO4S. The molecule has 5 nitrogen and oxygen atoms in total. The van der Waals surface area contributed by atoms with Gasteiger partial charge in [-0.2, -0.15) is 0 Å². The monoisotopic (exact) mass is 355 g/mol. The van der Waals surface area contributed by atoms with E-state index in [0.29, 0.717) is 22.1 Å². The van der Waals surface area contributed by atoms with Crippen molar-refractivity contribution >= 4 is 21.6 Å². The summed E-state index contributed by atoms with van der Waals surface area (Å²) in [6, 6.07) is 11.8. The fraction of sp³-hybridized carbons (Fsp3) is 0.250. The Morgan fingerprint density at radius 1 is 1.13 bits per heavy atom. The number of para-hydroxylation sites is 2. The molecule has 0 unspecified atom stereocenters. The lowest BCUT2D eigenvalue weighted by Crippen LogP contribution is -2.28. The Bertz CT molecular complexity index is 777. The van der Waals surface area contributed by atoms with Crippen LogP contribution in [0.25, 0.3) is 0 Å². The molecule has 0 spiro atoms. The largest absolute Gasteiger partial charge is 0.493 e. The van der Waals surface area contributed by atoms with Crippen LogP contribution in [0.4, 0.5) is 0 Å². The maximum absolute atomic E-state index is 12.2. The van der Waals surface area contributed by atoms with Crippen LogP contribution in [0.3, 0.4) is 0 Å². The summed E-state index contributed by atoms with van der Waals surface area (Å²) in [5.74, 6) is 1.17. The second kappa shape index (κ2) is 7.68. The van der Waals surface area contributed by atoms with Crippen molar-refractivity contribution in [2.24, 2.45) is 0 Å². The molecule has 0 aliphatic carbocycles. The van der Waals surface area contributed by atoms with E-state index in [1.807, 2.05) is 12.1 Å². The Hall–Kier alpha value is -1.76. The van der Waals surface area contributed by atoms with E-state index >= 15 is 0 Å². The molecule has 0 aliphatic heterocycles. The third-order valence-corrected chi connectivity index (χ3v) is 5.04. The van der Waals surface area contributed by atoms with Crippen molar-refractivity contribution in [3.8, 4) is 11.5 Å². The average Bonchev–Trinajstić information content (AvgIpc) is 2.54. The van der Waals surface area contributed by atoms with E-state index in [1.165, 1.54) is 12.1 Å². The lowest BCUT2D eigenvalue weighted by Gasteiger charge is -2.11. The van der Waals surface area contributed by atoms with E-state index in [1.54, 1.807) is 32.2 Å². The highest BCUT2D eigenvalue weighted by Gasteiger charge is 2.14. The first-order valence-corrected chi connectivity index (χ1v) is 8.82. The van der Waals surface area contributed by atoms with Crippen molar-refractivity contribution in [1.82, 2.24) is 4.72 Å². The Labute approximate surface area is 141 Å². The number of nitrogens with one attached hydrogen (secondary N) is 1. The fourth-order valence-electron chi connectivity index (χ4n) is 1.94. The van der Waals surface area contributed by atoms with Crippen LogP contribution in [0, 0.1) is 6.92 Å². The number of aryl methyl sites for hydroxylation is 1. The molecule has 2 aromatic carbocycles. The highest BCUT2D eigenvalue weighted by molar-refractivity contribution is 7.89. The van der Waals surface area contributed by atoms with Gasteiger partial charge in [0.1, 0.15) is 6.61 Å². The van der Waals surface area contributed by atoms with Crippen molar-refractivity contribution in [2.45, 2.75) is 11.8 Å². The Kier molecular flexibility index (Phi) is 5.87. The van der Waals surface area contributed by atoms with Gasteiger partial charge in [0, 0.05) is 11.6 Å². The third-order valence-electron chi connectivity index (χ3n) is 3.16. The van der Waals surface area contributed by atoms with Crippen LogP contribution in [-0.2, 0) is 10.0 Å². The molecule has 0 saturated carbocycles. The molecular weight excluding hydrogens is 338 g/mol. The normalized spacial score (nSPS) is 11.3. The smallest absolute Gasteiger partial charge is 0.240 e. The molecule has 0 atom stereocenters. The maximum atomic E-state index is 12.2. The van der Waals surface area contributed by atoms with Gasteiger partial charge < -0.3 is 9.47 Å². The van der Waals surface area contributed by atoms with Gasteiger partial charge in [0.25, 0.3) is 0 Å². The van der Waals surface area contributed by atoms with Crippen LogP contribution in [0.5, 0.6) is 11.5 Å². The first-order valence-electron chi connectivity index (χ1n) is 6.95. The molecule has 0 aliphatic rings. The summed E-state index contributed by atoms with van der Waals surface area (Å²) in [6.07, 6.45) is 0. The van der Waals surface area contributed by atoms with Crippen molar-refractivity contribution in [1.29, 1.82) is 0 Å². The molecule has 23 heavy (non-hydrogen) atoms. The van der Waals surface area contributed by atoms with E-state index in [2.05, 4.69) is 4.72 Å². The summed E-state index contributed by atoms with van der Waals surface area (Å²) in [4.78, 5) is 0.177. The molecule has 0 bridgehead atoms. The van der Waals surface area contributed by atoms with Gasteiger partial charge in [-0.15, -0.1) is 0 Å². The van der Waals surface area contributed by atoms with Crippen molar-refractivity contribution < 1.29 is 17.9 Å². The van der Waals surface area contributed by atoms with E-state index in [9.17, 15) is 8.42 Å². The predicted octanol–water partition coefficient (Wildman–Crippen LogP) is 3.01. The highest BCUT2D eigenvalue weighted by Crippen LogP contribution is 2.25. The molecule has 7 heteroatoms. The molecule has 0 aromatic heterocycles. The summed E-state index contributed by atoms with van der Waals surface area (Å²) in [5, 5.41) is 0.531. The lowest BCUT2D eigenvalue weighted by molar-refractivity contribution is 0.299. The first-order chi connectivity index (χ1) is 10.9. The SMILES string of the molecule is COc1ccccc1OCCNS(=O)(=O)c1ccc(Cl)c(C)c1. The second-order valence-electron chi connectivity index (χ2n) is 4.81. The fourth-order valence-corrected chi connectivity index (χ4v) is 3.16. The number of halogens is 1. The number of benzene rings is 2. The standard InChI is InChI=1S/C16H18ClNO4S/c1-12-11-13(7-8-14(12)17)23(19,20)18-9-10-22-16-6-4-3-5-15(16)21-2/h3-8,11,18H,9-10H2,1-2H3. The van der Waals surface area contributed by atoms with E-state index in [0.717, 1.165) is 0 Å². The van der Waals surface area contributed by atoms with Gasteiger partial charge in [0.2, 0.25) is 10.0 Å². The van der Waals surface area contributed by atoms with Crippen molar-refractivity contribution in [3.63, 3.8) is 0 Å². The van der Waals surface area contributed by atoms with E-state index < -0.39 is 10.0 Å². The molecule has 0 heterocycles. The average molecular weight is 356 g/mol. The minimum absolute atomic E-state index is 0.141. The van der Waals surface area contributed by atoms with Crippen molar-refractivity contribution in [2.75, 3.05) is 20.3 Å². The third kappa shape index (κ3) is 4.60. The van der Waals surface area contributed by atoms with Crippen LogP contribution < -0.4 is 14.2 Å². The summed E-state index contributed by atoms with van der Waals surface area (Å²) >= 11 is 5.91. The Morgan fingerprint density at radius 3 is 2.48 bits per heavy atom. The topological polar surface area (TPSA) is 64.6 Å². The van der Waals surface area contributed by atoms with Gasteiger partial charge in [-0.25, -0.2) is 13.1 Å². The molecule has 0 saturated heterocycles. The van der Waals surface area contributed by atoms with Gasteiger partial charge >= 0.3 is 0 Å². The molecule has 124 valence electrons. The maximum Gasteiger partial charge on any atom is 0.240 e. The Balaban J connectivity index is 1.93. The van der Waals surface area contributed by atoms with E-state index in [-0.39, 0.29) is 18.0 Å². The predicted molar refractivity (Wildman–Crippen MR) is 89.9 cm³/mol. The highest BCUT2D eigenvalue weighted by atomic mass is 35.5. The summed E-state index contributed by atoms with van der Waals surface area (Å²) in [7, 11) is -2.04. The number of rotatable bonds is 7.